The molecule has 0 amide bonds. The molecule has 88 valence electrons. The Hall–Kier alpha value is -1.20. The highest BCUT2D eigenvalue weighted by Gasteiger charge is 2.39. The van der Waals surface area contributed by atoms with Crippen molar-refractivity contribution in [3.8, 4) is 0 Å². The van der Waals surface area contributed by atoms with Gasteiger partial charge in [-0.1, -0.05) is 0 Å². The number of hydrogen-bond donors (Lipinski definition) is 2. The second kappa shape index (κ2) is 4.35. The van der Waals surface area contributed by atoms with Crippen LogP contribution in [0.4, 0.5) is 5.82 Å². The summed E-state index contributed by atoms with van der Waals surface area (Å²) in [4.78, 5) is 8.23. The van der Waals surface area contributed by atoms with Crippen molar-refractivity contribution in [2.24, 2.45) is 0 Å². The van der Waals surface area contributed by atoms with Gasteiger partial charge in [0.25, 0.3) is 0 Å². The third kappa shape index (κ3) is 2.31. The van der Waals surface area contributed by atoms with E-state index in [0.717, 1.165) is 5.82 Å². The zero-order valence-electron chi connectivity index (χ0n) is 9.60. The number of nitrogens with zero attached hydrogens (tertiary/aromatic N) is 2. The Kier molecular flexibility index (Phi) is 3.07. The van der Waals surface area contributed by atoms with E-state index in [1.807, 2.05) is 13.8 Å². The van der Waals surface area contributed by atoms with Crippen LogP contribution in [0.25, 0.3) is 0 Å². The lowest BCUT2D eigenvalue weighted by Gasteiger charge is -2.26. The number of ether oxygens (including phenoxy) is 1. The van der Waals surface area contributed by atoms with Crippen LogP contribution in [0.15, 0.2) is 12.3 Å². The van der Waals surface area contributed by atoms with Crippen LogP contribution in [0.3, 0.4) is 0 Å². The van der Waals surface area contributed by atoms with E-state index in [1.54, 1.807) is 12.3 Å². The number of aromatic nitrogens is 2. The average Bonchev–Trinajstić information content (AvgIpc) is 2.58. The minimum absolute atomic E-state index is 0.136. The standard InChI is InChI=1S/C11H17N3O2/c1-8-11(15,4-6-16-8)7-13-10-3-5-12-9(2)14-10/h3,5,8,15H,4,6-7H2,1-2H3,(H,12,13,14). The third-order valence-corrected chi connectivity index (χ3v) is 3.01. The molecule has 16 heavy (non-hydrogen) atoms. The van der Waals surface area contributed by atoms with Gasteiger partial charge in [0.05, 0.1) is 6.10 Å². The van der Waals surface area contributed by atoms with Crippen molar-refractivity contribution in [3.63, 3.8) is 0 Å². The highest BCUT2D eigenvalue weighted by molar-refractivity contribution is 5.33. The van der Waals surface area contributed by atoms with Crippen LogP contribution in [0.5, 0.6) is 0 Å². The maximum atomic E-state index is 10.3. The lowest BCUT2D eigenvalue weighted by Crippen LogP contribution is -2.43. The summed E-state index contributed by atoms with van der Waals surface area (Å²) in [5.41, 5.74) is -0.793. The van der Waals surface area contributed by atoms with Crippen LogP contribution in [-0.4, -0.2) is 39.9 Å². The molecular weight excluding hydrogens is 206 g/mol. The summed E-state index contributed by atoms with van der Waals surface area (Å²) in [6.07, 6.45) is 2.22. The first-order valence-corrected chi connectivity index (χ1v) is 5.48. The van der Waals surface area contributed by atoms with Gasteiger partial charge in [0.1, 0.15) is 17.2 Å². The molecule has 0 aromatic carbocycles. The largest absolute Gasteiger partial charge is 0.385 e. The second-order valence-corrected chi connectivity index (χ2v) is 4.21. The average molecular weight is 223 g/mol. The maximum Gasteiger partial charge on any atom is 0.129 e. The molecule has 0 spiro atoms. The van der Waals surface area contributed by atoms with Crippen LogP contribution in [0.1, 0.15) is 19.2 Å². The molecule has 2 unspecified atom stereocenters. The lowest BCUT2D eigenvalue weighted by molar-refractivity contribution is -0.0176. The Morgan fingerprint density at radius 2 is 2.50 bits per heavy atom. The zero-order valence-corrected chi connectivity index (χ0v) is 9.60. The molecule has 2 N–H and O–H groups in total. The van der Waals surface area contributed by atoms with Crippen molar-refractivity contribution in [1.29, 1.82) is 0 Å². The fraction of sp³-hybridized carbons (Fsp3) is 0.636. The molecule has 0 bridgehead atoms. The minimum Gasteiger partial charge on any atom is -0.385 e. The maximum absolute atomic E-state index is 10.3. The van der Waals surface area contributed by atoms with Crippen molar-refractivity contribution in [1.82, 2.24) is 9.97 Å². The molecule has 1 saturated heterocycles. The van der Waals surface area contributed by atoms with E-state index < -0.39 is 5.60 Å². The van der Waals surface area contributed by atoms with Gasteiger partial charge in [0.2, 0.25) is 0 Å². The molecule has 0 saturated carbocycles. The lowest BCUT2D eigenvalue weighted by atomic mass is 9.97. The molecule has 2 rings (SSSR count). The molecule has 1 aromatic heterocycles. The normalized spacial score (nSPS) is 29.3. The van der Waals surface area contributed by atoms with Gasteiger partial charge >= 0.3 is 0 Å². The minimum atomic E-state index is -0.793. The number of rotatable bonds is 3. The number of aryl methyl sites for hydroxylation is 1. The van der Waals surface area contributed by atoms with Gasteiger partial charge in [-0.25, -0.2) is 9.97 Å². The second-order valence-electron chi connectivity index (χ2n) is 4.21. The monoisotopic (exact) mass is 223 g/mol. The number of nitrogens with one attached hydrogen (secondary N) is 1. The Bertz CT molecular complexity index is 372. The summed E-state index contributed by atoms with van der Waals surface area (Å²) in [6, 6.07) is 1.79. The van der Waals surface area contributed by atoms with Crippen molar-refractivity contribution >= 4 is 5.82 Å². The van der Waals surface area contributed by atoms with Crippen LogP contribution < -0.4 is 5.32 Å². The Balaban J connectivity index is 1.97. The van der Waals surface area contributed by atoms with Crippen molar-refractivity contribution < 1.29 is 9.84 Å². The van der Waals surface area contributed by atoms with Crippen molar-refractivity contribution in [2.45, 2.75) is 32.0 Å². The first-order valence-electron chi connectivity index (χ1n) is 5.48. The first kappa shape index (κ1) is 11.3. The van der Waals surface area contributed by atoms with E-state index in [1.165, 1.54) is 0 Å². The number of hydrogen-bond acceptors (Lipinski definition) is 5. The van der Waals surface area contributed by atoms with Crippen LogP contribution in [0.2, 0.25) is 0 Å². The molecule has 1 aliphatic heterocycles. The molecule has 5 heteroatoms. The molecule has 1 aliphatic rings. The van der Waals surface area contributed by atoms with Gasteiger partial charge in [-0.3, -0.25) is 0 Å². The predicted molar refractivity (Wildman–Crippen MR) is 60.2 cm³/mol. The summed E-state index contributed by atoms with van der Waals surface area (Å²) in [6.45, 7) is 4.79. The topological polar surface area (TPSA) is 67.3 Å². The molecule has 0 aliphatic carbocycles. The van der Waals surface area contributed by atoms with Crippen molar-refractivity contribution in [3.05, 3.63) is 18.1 Å². The Labute approximate surface area is 94.9 Å². The van der Waals surface area contributed by atoms with Gasteiger partial charge in [0.15, 0.2) is 0 Å². The summed E-state index contributed by atoms with van der Waals surface area (Å²) < 4.78 is 5.36. The highest BCUT2D eigenvalue weighted by atomic mass is 16.5. The smallest absolute Gasteiger partial charge is 0.129 e. The van der Waals surface area contributed by atoms with E-state index >= 15 is 0 Å². The van der Waals surface area contributed by atoms with E-state index in [4.69, 9.17) is 4.74 Å². The van der Waals surface area contributed by atoms with E-state index in [0.29, 0.717) is 25.4 Å². The molecule has 5 nitrogen and oxygen atoms in total. The summed E-state index contributed by atoms with van der Waals surface area (Å²) in [5.74, 6) is 1.45. The molecular formula is C11H17N3O2. The van der Waals surface area contributed by atoms with Crippen molar-refractivity contribution in [2.75, 3.05) is 18.5 Å². The van der Waals surface area contributed by atoms with Gasteiger partial charge in [-0.15, -0.1) is 0 Å². The molecule has 2 atom stereocenters. The van der Waals surface area contributed by atoms with E-state index in [2.05, 4.69) is 15.3 Å². The fourth-order valence-electron chi connectivity index (χ4n) is 1.80. The van der Waals surface area contributed by atoms with E-state index in [9.17, 15) is 5.11 Å². The van der Waals surface area contributed by atoms with Gasteiger partial charge in [0, 0.05) is 25.8 Å². The van der Waals surface area contributed by atoms with E-state index in [-0.39, 0.29) is 6.10 Å². The molecule has 1 fully saturated rings. The van der Waals surface area contributed by atoms with Crippen LogP contribution in [-0.2, 0) is 4.74 Å². The molecule has 2 heterocycles. The number of anilines is 1. The van der Waals surface area contributed by atoms with Crippen LogP contribution >= 0.6 is 0 Å². The quantitative estimate of drug-likeness (QED) is 0.791. The van der Waals surface area contributed by atoms with Crippen LogP contribution in [0, 0.1) is 6.92 Å². The highest BCUT2D eigenvalue weighted by Crippen LogP contribution is 2.25. The predicted octanol–water partition coefficient (Wildman–Crippen LogP) is 0.737. The molecule has 1 aromatic rings. The Morgan fingerprint density at radius 3 is 3.12 bits per heavy atom. The third-order valence-electron chi connectivity index (χ3n) is 3.01. The summed E-state index contributed by atoms with van der Waals surface area (Å²) >= 11 is 0. The summed E-state index contributed by atoms with van der Waals surface area (Å²) in [5, 5.41) is 13.4. The Morgan fingerprint density at radius 1 is 1.69 bits per heavy atom. The fourth-order valence-corrected chi connectivity index (χ4v) is 1.80. The zero-order chi connectivity index (χ0) is 11.6. The number of aliphatic hydroxyl groups is 1. The van der Waals surface area contributed by atoms with Gasteiger partial charge in [-0.05, 0) is 19.9 Å². The SMILES string of the molecule is Cc1nccc(NCC2(O)CCOC2C)n1. The molecule has 0 radical (unpaired) electrons. The van der Waals surface area contributed by atoms with Gasteiger partial charge in [-0.2, -0.15) is 0 Å². The van der Waals surface area contributed by atoms with Gasteiger partial charge < -0.3 is 15.2 Å². The summed E-state index contributed by atoms with van der Waals surface area (Å²) in [7, 11) is 0. The first-order chi connectivity index (χ1) is 7.60.